The highest BCUT2D eigenvalue weighted by molar-refractivity contribution is 6.30. The number of halogens is 1. The van der Waals surface area contributed by atoms with Crippen molar-refractivity contribution >= 4 is 28.7 Å². The van der Waals surface area contributed by atoms with Crippen LogP contribution in [0.3, 0.4) is 0 Å². The van der Waals surface area contributed by atoms with Crippen molar-refractivity contribution in [2.45, 2.75) is 19.3 Å². The summed E-state index contributed by atoms with van der Waals surface area (Å²) in [6, 6.07) is 7.49. The van der Waals surface area contributed by atoms with Crippen LogP contribution in [0, 0.1) is 5.92 Å². The maximum absolute atomic E-state index is 12.9. The van der Waals surface area contributed by atoms with Crippen LogP contribution in [0.4, 0.5) is 5.69 Å². The van der Waals surface area contributed by atoms with Crippen LogP contribution in [-0.4, -0.2) is 45.2 Å². The molecule has 140 valence electrons. The minimum absolute atomic E-state index is 0.0301. The molecule has 4 rings (SSSR count). The molecule has 0 amide bonds. The summed E-state index contributed by atoms with van der Waals surface area (Å²) in [7, 11) is 0. The number of nitrogens with zero attached hydrogens (tertiary/aromatic N) is 4. The van der Waals surface area contributed by atoms with E-state index in [0.717, 1.165) is 37.2 Å². The Morgan fingerprint density at radius 1 is 1.30 bits per heavy atom. The van der Waals surface area contributed by atoms with E-state index in [-0.39, 0.29) is 18.8 Å². The van der Waals surface area contributed by atoms with Gasteiger partial charge >= 0.3 is 0 Å². The average molecular weight is 385 g/mol. The van der Waals surface area contributed by atoms with Gasteiger partial charge in [0.05, 0.1) is 11.8 Å². The van der Waals surface area contributed by atoms with Gasteiger partial charge in [-0.05, 0) is 48.6 Å². The minimum Gasteiger partial charge on any atom is -0.396 e. The molecule has 0 saturated carbocycles. The number of benzene rings is 1. The molecule has 0 spiro atoms. The van der Waals surface area contributed by atoms with E-state index in [1.54, 1.807) is 29.2 Å². The lowest BCUT2D eigenvalue weighted by molar-refractivity contribution is 0.0994. The van der Waals surface area contributed by atoms with E-state index in [9.17, 15) is 9.90 Å². The summed E-state index contributed by atoms with van der Waals surface area (Å²) in [6.07, 6.45) is 7.14. The first kappa shape index (κ1) is 17.9. The summed E-state index contributed by atoms with van der Waals surface area (Å²) in [5, 5.41) is 14.2. The molecule has 0 atom stereocenters. The van der Waals surface area contributed by atoms with E-state index >= 15 is 0 Å². The molecule has 1 fully saturated rings. The quantitative estimate of drug-likeness (QED) is 0.685. The highest BCUT2D eigenvalue weighted by atomic mass is 35.5. The van der Waals surface area contributed by atoms with Crippen molar-refractivity contribution in [3.8, 4) is 0 Å². The normalized spacial score (nSPS) is 15.4. The van der Waals surface area contributed by atoms with E-state index in [4.69, 9.17) is 11.6 Å². The fourth-order valence-electron chi connectivity index (χ4n) is 3.65. The number of hydrogen-bond acceptors (Lipinski definition) is 5. The van der Waals surface area contributed by atoms with E-state index in [0.29, 0.717) is 22.2 Å². The first-order valence-corrected chi connectivity index (χ1v) is 9.49. The maximum Gasteiger partial charge on any atom is 0.172 e. The van der Waals surface area contributed by atoms with Gasteiger partial charge in [-0.3, -0.25) is 4.79 Å². The van der Waals surface area contributed by atoms with E-state index in [1.807, 2.05) is 18.2 Å². The zero-order chi connectivity index (χ0) is 18.8. The number of aromatic nitrogens is 3. The SMILES string of the molecule is O=C(Cc1cc(Cl)ccc1N1CCC(CO)CC1)c1cnn2cccnc12. The molecule has 1 aromatic carbocycles. The number of anilines is 1. The Morgan fingerprint density at radius 3 is 2.89 bits per heavy atom. The van der Waals surface area contributed by atoms with Crippen molar-refractivity contribution in [1.82, 2.24) is 14.6 Å². The number of aliphatic hydroxyl groups excluding tert-OH is 1. The van der Waals surface area contributed by atoms with Gasteiger partial charge in [0, 0.05) is 49.2 Å². The molecule has 0 aliphatic carbocycles. The van der Waals surface area contributed by atoms with Crippen molar-refractivity contribution in [3.63, 3.8) is 0 Å². The molecule has 6 nitrogen and oxygen atoms in total. The van der Waals surface area contributed by atoms with Crippen molar-refractivity contribution in [1.29, 1.82) is 0 Å². The predicted molar refractivity (Wildman–Crippen MR) is 104 cm³/mol. The van der Waals surface area contributed by atoms with Crippen molar-refractivity contribution in [2.24, 2.45) is 5.92 Å². The molecule has 27 heavy (non-hydrogen) atoms. The van der Waals surface area contributed by atoms with Crippen molar-refractivity contribution in [3.05, 3.63) is 59.0 Å². The third-order valence-electron chi connectivity index (χ3n) is 5.19. The van der Waals surface area contributed by atoms with Crippen LogP contribution in [-0.2, 0) is 6.42 Å². The second-order valence-electron chi connectivity index (χ2n) is 6.93. The van der Waals surface area contributed by atoms with Gasteiger partial charge < -0.3 is 10.0 Å². The van der Waals surface area contributed by atoms with Crippen LogP contribution in [0.15, 0.2) is 42.9 Å². The Balaban J connectivity index is 1.60. The van der Waals surface area contributed by atoms with E-state index < -0.39 is 0 Å². The predicted octanol–water partition coefficient (Wildman–Crippen LogP) is 3.02. The summed E-state index contributed by atoms with van der Waals surface area (Å²) in [5.41, 5.74) is 3.02. The third kappa shape index (κ3) is 3.68. The van der Waals surface area contributed by atoms with Gasteiger partial charge in [-0.25, -0.2) is 9.50 Å². The second kappa shape index (κ2) is 7.66. The smallest absolute Gasteiger partial charge is 0.172 e. The van der Waals surface area contributed by atoms with Gasteiger partial charge in [-0.15, -0.1) is 0 Å². The summed E-state index contributed by atoms with van der Waals surface area (Å²) >= 11 is 6.21. The third-order valence-corrected chi connectivity index (χ3v) is 5.42. The number of aliphatic hydroxyl groups is 1. The molecule has 0 radical (unpaired) electrons. The summed E-state index contributed by atoms with van der Waals surface area (Å²) in [5.74, 6) is 0.334. The first-order chi connectivity index (χ1) is 13.2. The minimum atomic E-state index is -0.0301. The monoisotopic (exact) mass is 384 g/mol. The zero-order valence-electron chi connectivity index (χ0n) is 14.9. The van der Waals surface area contributed by atoms with Gasteiger partial charge in [-0.2, -0.15) is 5.10 Å². The van der Waals surface area contributed by atoms with Gasteiger partial charge in [0.2, 0.25) is 0 Å². The molecule has 1 saturated heterocycles. The number of piperidine rings is 1. The number of rotatable bonds is 5. The fraction of sp³-hybridized carbons (Fsp3) is 0.350. The lowest BCUT2D eigenvalue weighted by Crippen LogP contribution is -2.35. The van der Waals surface area contributed by atoms with Gasteiger partial charge in [0.25, 0.3) is 0 Å². The average Bonchev–Trinajstić information content (AvgIpc) is 3.13. The molecule has 0 bridgehead atoms. The Labute approximate surface area is 162 Å². The molecule has 3 aromatic rings. The summed E-state index contributed by atoms with van der Waals surface area (Å²) in [6.45, 7) is 1.97. The van der Waals surface area contributed by atoms with Crippen LogP contribution in [0.1, 0.15) is 28.8 Å². The Morgan fingerprint density at radius 2 is 2.11 bits per heavy atom. The van der Waals surface area contributed by atoms with Crippen molar-refractivity contribution < 1.29 is 9.90 Å². The maximum atomic E-state index is 12.9. The zero-order valence-corrected chi connectivity index (χ0v) is 15.6. The molecular weight excluding hydrogens is 364 g/mol. The largest absolute Gasteiger partial charge is 0.396 e. The van der Waals surface area contributed by atoms with Gasteiger partial charge in [0.15, 0.2) is 11.4 Å². The summed E-state index contributed by atoms with van der Waals surface area (Å²) < 4.78 is 1.60. The van der Waals surface area contributed by atoms with E-state index in [2.05, 4.69) is 15.0 Å². The lowest BCUT2D eigenvalue weighted by atomic mass is 9.96. The molecule has 1 aliphatic heterocycles. The van der Waals surface area contributed by atoms with Gasteiger partial charge in [0.1, 0.15) is 0 Å². The van der Waals surface area contributed by atoms with Gasteiger partial charge in [-0.1, -0.05) is 11.6 Å². The topological polar surface area (TPSA) is 70.7 Å². The van der Waals surface area contributed by atoms with Crippen LogP contribution in [0.2, 0.25) is 5.02 Å². The number of carbonyl (C=O) groups excluding carboxylic acids is 1. The van der Waals surface area contributed by atoms with E-state index in [1.165, 1.54) is 0 Å². The van der Waals surface area contributed by atoms with Crippen LogP contribution < -0.4 is 4.90 Å². The molecule has 1 aliphatic rings. The fourth-order valence-corrected chi connectivity index (χ4v) is 3.85. The molecule has 3 heterocycles. The number of carbonyl (C=O) groups is 1. The molecule has 1 N–H and O–H groups in total. The highest BCUT2D eigenvalue weighted by Gasteiger charge is 2.22. The second-order valence-corrected chi connectivity index (χ2v) is 7.37. The van der Waals surface area contributed by atoms with Crippen LogP contribution in [0.25, 0.3) is 5.65 Å². The molecular formula is C20H21ClN4O2. The van der Waals surface area contributed by atoms with Crippen LogP contribution >= 0.6 is 11.6 Å². The van der Waals surface area contributed by atoms with Crippen molar-refractivity contribution in [2.75, 3.05) is 24.6 Å². The Kier molecular flexibility index (Phi) is 5.09. The molecule has 0 unspecified atom stereocenters. The molecule has 2 aromatic heterocycles. The molecule has 7 heteroatoms. The Hall–Kier alpha value is -2.44. The number of fused-ring (bicyclic) bond motifs is 1. The lowest BCUT2D eigenvalue weighted by Gasteiger charge is -2.34. The number of Topliss-reactive ketones (excluding diaryl/α,β-unsaturated/α-hetero) is 1. The van der Waals surface area contributed by atoms with Crippen LogP contribution in [0.5, 0.6) is 0 Å². The number of ketones is 1. The highest BCUT2D eigenvalue weighted by Crippen LogP contribution is 2.29. The standard InChI is InChI=1S/C20H21ClN4O2/c21-16-2-3-18(24-8-4-14(13-26)5-9-24)15(10-16)11-19(27)17-12-23-25-7-1-6-22-20(17)25/h1-3,6-7,10,12,14,26H,4-5,8-9,11,13H2. The Bertz CT molecular complexity index is 964. The summed E-state index contributed by atoms with van der Waals surface area (Å²) in [4.78, 5) is 19.5. The first-order valence-electron chi connectivity index (χ1n) is 9.11. The number of hydrogen-bond donors (Lipinski definition) is 1.